The first-order chi connectivity index (χ1) is 14.4. The van der Waals surface area contributed by atoms with E-state index in [2.05, 4.69) is 16.5 Å². The first kappa shape index (κ1) is 22.2. The van der Waals surface area contributed by atoms with Crippen molar-refractivity contribution in [2.45, 2.75) is 45.1 Å². The summed E-state index contributed by atoms with van der Waals surface area (Å²) in [5.74, 6) is -0.304. The number of carbonyl (C=O) groups is 2. The summed E-state index contributed by atoms with van der Waals surface area (Å²) in [7, 11) is 1.80. The summed E-state index contributed by atoms with van der Waals surface area (Å²) in [5, 5.41) is 0.868. The molecule has 160 valence electrons. The van der Waals surface area contributed by atoms with Crippen LogP contribution in [-0.2, 0) is 9.59 Å². The summed E-state index contributed by atoms with van der Waals surface area (Å²) >= 11 is 6.06. The highest BCUT2D eigenvalue weighted by molar-refractivity contribution is 6.28. The van der Waals surface area contributed by atoms with Gasteiger partial charge in [-0.3, -0.25) is 9.59 Å². The van der Waals surface area contributed by atoms with Crippen molar-refractivity contribution < 1.29 is 14.3 Å². The number of para-hydroxylation sites is 1. The van der Waals surface area contributed by atoms with E-state index in [9.17, 15) is 9.59 Å². The number of benzene rings is 1. The van der Waals surface area contributed by atoms with E-state index in [-0.39, 0.29) is 34.9 Å². The van der Waals surface area contributed by atoms with Crippen molar-refractivity contribution in [3.8, 4) is 5.88 Å². The average Bonchev–Trinajstić information content (AvgIpc) is 3.14. The highest BCUT2D eigenvalue weighted by atomic mass is 35.5. The van der Waals surface area contributed by atoms with Gasteiger partial charge in [0.25, 0.3) is 0 Å². The van der Waals surface area contributed by atoms with Gasteiger partial charge in [-0.25, -0.2) is 4.98 Å². The van der Waals surface area contributed by atoms with Crippen LogP contribution in [0.15, 0.2) is 36.9 Å². The molecule has 1 aliphatic carbocycles. The number of ketones is 1. The smallest absolute Gasteiger partial charge is 0.226 e. The molecule has 0 aliphatic heterocycles. The number of hydrogen-bond acceptors (Lipinski definition) is 5. The maximum atomic E-state index is 13.0. The molecule has 1 saturated carbocycles. The number of halogens is 1. The lowest BCUT2D eigenvalue weighted by Gasteiger charge is -2.23. The van der Waals surface area contributed by atoms with Crippen LogP contribution in [0.25, 0.3) is 10.9 Å². The Labute approximate surface area is 182 Å². The number of Topliss-reactive ketones (excluding diaryl/α,β-unsaturated/α-hetero) is 1. The molecule has 1 fully saturated rings. The first-order valence-corrected chi connectivity index (χ1v) is 10.7. The fourth-order valence-electron chi connectivity index (χ4n) is 4.11. The van der Waals surface area contributed by atoms with Crippen molar-refractivity contribution in [3.63, 3.8) is 0 Å². The molecule has 1 amide bonds. The molecule has 0 spiro atoms. The number of unbranched alkanes of at least 4 members (excludes halogenated alkanes) is 2. The predicted octanol–water partition coefficient (Wildman–Crippen LogP) is 4.46. The van der Waals surface area contributed by atoms with Crippen molar-refractivity contribution in [2.24, 2.45) is 11.8 Å². The second kappa shape index (κ2) is 10.0. The summed E-state index contributed by atoms with van der Waals surface area (Å²) in [4.78, 5) is 35.5. The van der Waals surface area contributed by atoms with Gasteiger partial charge in [-0.1, -0.05) is 18.2 Å². The van der Waals surface area contributed by atoms with E-state index >= 15 is 0 Å². The van der Waals surface area contributed by atoms with Gasteiger partial charge in [-0.05, 0) is 62.8 Å². The first-order valence-electron chi connectivity index (χ1n) is 10.4. The van der Waals surface area contributed by atoms with Gasteiger partial charge in [-0.2, -0.15) is 4.98 Å². The van der Waals surface area contributed by atoms with E-state index in [1.54, 1.807) is 18.9 Å². The van der Waals surface area contributed by atoms with Gasteiger partial charge < -0.3 is 9.64 Å². The molecule has 1 aromatic heterocycles. The number of nitrogens with zero attached hydrogens (tertiary/aromatic N) is 3. The molecule has 30 heavy (non-hydrogen) atoms. The molecule has 0 bridgehead atoms. The van der Waals surface area contributed by atoms with Crippen molar-refractivity contribution >= 4 is 34.2 Å². The second-order valence-corrected chi connectivity index (χ2v) is 8.23. The minimum absolute atomic E-state index is 0.00508. The third kappa shape index (κ3) is 5.17. The molecule has 2 aromatic rings. The topological polar surface area (TPSA) is 72.4 Å². The van der Waals surface area contributed by atoms with E-state index in [4.69, 9.17) is 16.3 Å². The molecule has 1 aliphatic rings. The Balaban J connectivity index is 1.72. The van der Waals surface area contributed by atoms with E-state index in [1.807, 2.05) is 30.3 Å². The molecule has 7 heteroatoms. The van der Waals surface area contributed by atoms with Crippen LogP contribution in [0, 0.1) is 11.8 Å². The Morgan fingerprint density at radius 2 is 1.97 bits per heavy atom. The zero-order chi connectivity index (χ0) is 21.7. The maximum Gasteiger partial charge on any atom is 0.226 e. The van der Waals surface area contributed by atoms with Crippen LogP contribution in [0.1, 0.15) is 39.0 Å². The Morgan fingerprint density at radius 1 is 1.23 bits per heavy atom. The number of fused-ring (bicyclic) bond motifs is 1. The summed E-state index contributed by atoms with van der Waals surface area (Å²) in [6.45, 7) is 5.94. The number of rotatable bonds is 9. The van der Waals surface area contributed by atoms with Crippen LogP contribution < -0.4 is 4.74 Å². The number of amides is 1. The van der Waals surface area contributed by atoms with E-state index < -0.39 is 0 Å². The number of carbonyl (C=O) groups excluding carboxylic acids is 2. The minimum atomic E-state index is -0.375. The zero-order valence-electron chi connectivity index (χ0n) is 17.5. The molecule has 0 saturated heterocycles. The lowest BCUT2D eigenvalue weighted by atomic mass is 9.91. The monoisotopic (exact) mass is 429 g/mol. The molecule has 3 rings (SSSR count). The van der Waals surface area contributed by atoms with Crippen molar-refractivity contribution in [1.29, 1.82) is 0 Å². The minimum Gasteiger partial charge on any atom is -0.474 e. The molecule has 1 heterocycles. The second-order valence-electron chi connectivity index (χ2n) is 7.89. The molecule has 0 N–H and O–H groups in total. The van der Waals surface area contributed by atoms with Crippen molar-refractivity contribution in [2.75, 3.05) is 13.6 Å². The normalized spacial score (nSPS) is 20.8. The highest BCUT2D eigenvalue weighted by Gasteiger charge is 2.43. The zero-order valence-corrected chi connectivity index (χ0v) is 18.3. The van der Waals surface area contributed by atoms with Gasteiger partial charge in [0.1, 0.15) is 11.9 Å². The summed E-state index contributed by atoms with van der Waals surface area (Å²) < 4.78 is 6.15. The molecule has 0 radical (unpaired) electrons. The van der Waals surface area contributed by atoms with Crippen LogP contribution in [0.2, 0.25) is 5.28 Å². The Hall–Kier alpha value is -2.47. The predicted molar refractivity (Wildman–Crippen MR) is 118 cm³/mol. The van der Waals surface area contributed by atoms with Gasteiger partial charge in [0.2, 0.25) is 17.1 Å². The fraction of sp³-hybridized carbons (Fsp3) is 0.478. The standard InChI is InChI=1S/C23H28ClN3O3/c1-4-5-6-9-12-27(3)22(29)19-14-16(13-18(19)15(2)28)30-21-17-10-7-8-11-20(17)25-23(24)26-21/h4,7-8,10-11,16,18-19H,1,5-6,9,12-14H2,2-3H3/t16-,18+,19-/m1/s1. The van der Waals surface area contributed by atoms with Crippen molar-refractivity contribution in [1.82, 2.24) is 14.9 Å². The van der Waals surface area contributed by atoms with Crippen LogP contribution in [0.4, 0.5) is 0 Å². The Morgan fingerprint density at radius 3 is 2.70 bits per heavy atom. The van der Waals surface area contributed by atoms with Crippen molar-refractivity contribution in [3.05, 3.63) is 42.2 Å². The van der Waals surface area contributed by atoms with Gasteiger partial charge >= 0.3 is 0 Å². The summed E-state index contributed by atoms with van der Waals surface area (Å²) in [6, 6.07) is 7.47. The number of ether oxygens (including phenoxy) is 1. The molecule has 0 unspecified atom stereocenters. The van der Waals surface area contributed by atoms with Crippen LogP contribution in [0.3, 0.4) is 0 Å². The molecule has 1 aromatic carbocycles. The number of aromatic nitrogens is 2. The molecular weight excluding hydrogens is 402 g/mol. The highest BCUT2D eigenvalue weighted by Crippen LogP contribution is 2.37. The lowest BCUT2D eigenvalue weighted by molar-refractivity contribution is -0.138. The third-order valence-electron chi connectivity index (χ3n) is 5.71. The SMILES string of the molecule is C=CCCCCN(C)C(=O)[C@@H]1C[C@H](Oc2nc(Cl)nc3ccccc23)C[C@H]1C(C)=O. The van der Waals surface area contributed by atoms with E-state index in [0.717, 1.165) is 24.6 Å². The summed E-state index contributed by atoms with van der Waals surface area (Å²) in [6.07, 6.45) is 5.42. The van der Waals surface area contributed by atoms with Crippen LogP contribution >= 0.6 is 11.6 Å². The number of hydrogen-bond donors (Lipinski definition) is 0. The largest absolute Gasteiger partial charge is 0.474 e. The van der Waals surface area contributed by atoms with E-state index in [1.165, 1.54) is 0 Å². The van der Waals surface area contributed by atoms with Gasteiger partial charge in [-0.15, -0.1) is 6.58 Å². The number of allylic oxidation sites excluding steroid dienone is 1. The summed E-state index contributed by atoms with van der Waals surface area (Å²) in [5.41, 5.74) is 0.695. The lowest BCUT2D eigenvalue weighted by Crippen LogP contribution is -2.37. The van der Waals surface area contributed by atoms with Crippen LogP contribution in [0.5, 0.6) is 5.88 Å². The Bertz CT molecular complexity index is 933. The molecule has 6 nitrogen and oxygen atoms in total. The maximum absolute atomic E-state index is 13.0. The molecule has 3 atom stereocenters. The Kier molecular flexibility index (Phi) is 7.43. The van der Waals surface area contributed by atoms with E-state index in [0.29, 0.717) is 30.8 Å². The van der Waals surface area contributed by atoms with Crippen LogP contribution in [-0.4, -0.2) is 46.3 Å². The van der Waals surface area contributed by atoms with Gasteiger partial charge in [0, 0.05) is 19.5 Å². The third-order valence-corrected chi connectivity index (χ3v) is 5.88. The van der Waals surface area contributed by atoms with Gasteiger partial charge in [0.05, 0.1) is 16.8 Å². The quantitative estimate of drug-likeness (QED) is 0.334. The van der Waals surface area contributed by atoms with Gasteiger partial charge in [0.15, 0.2) is 0 Å². The average molecular weight is 430 g/mol. The fourth-order valence-corrected chi connectivity index (χ4v) is 4.28. The molecular formula is C23H28ClN3O3.